The van der Waals surface area contributed by atoms with Crippen molar-refractivity contribution >= 4 is 34.6 Å². The van der Waals surface area contributed by atoms with Gasteiger partial charge in [0.1, 0.15) is 6.04 Å². The lowest BCUT2D eigenvalue weighted by Gasteiger charge is -2.34. The highest BCUT2D eigenvalue weighted by molar-refractivity contribution is 14.1. The lowest BCUT2D eigenvalue weighted by Crippen LogP contribution is -2.56. The monoisotopic (exact) mass is 426 g/mol. The molecule has 0 radical (unpaired) electrons. The summed E-state index contributed by atoms with van der Waals surface area (Å²) in [6.45, 7) is 4.16. The minimum Gasteiger partial charge on any atom is -0.453 e. The molecule has 0 aromatic rings. The second kappa shape index (κ2) is 6.12. The third-order valence-corrected chi connectivity index (χ3v) is 5.28. The van der Waals surface area contributed by atoms with Crippen LogP contribution in [-0.4, -0.2) is 56.6 Å². The van der Waals surface area contributed by atoms with E-state index in [4.69, 9.17) is 0 Å². The number of nitrogens with one attached hydrogen (secondary N) is 1. The Balaban J connectivity index is 2.18. The van der Waals surface area contributed by atoms with Gasteiger partial charge in [0.15, 0.2) is 0 Å². The number of alkyl halides is 1. The number of methoxy groups -OCH3 is 1. The van der Waals surface area contributed by atoms with Crippen molar-refractivity contribution in [1.82, 2.24) is 10.2 Å². The Bertz CT molecular complexity index is 459. The van der Waals surface area contributed by atoms with Crippen molar-refractivity contribution in [3.05, 3.63) is 0 Å². The molecule has 0 unspecified atom stereocenters. The third-order valence-electron chi connectivity index (χ3n) is 4.56. The average Bonchev–Trinajstić information content (AvgIpc) is 3.03. The topological polar surface area (TPSA) is 99.1 Å². The van der Waals surface area contributed by atoms with Crippen LogP contribution in [0.4, 0.5) is 4.79 Å². The van der Waals surface area contributed by atoms with Crippen molar-refractivity contribution in [3.8, 4) is 0 Å². The summed E-state index contributed by atoms with van der Waals surface area (Å²) < 4.78 is 2.59. The molecule has 22 heavy (non-hydrogen) atoms. The summed E-state index contributed by atoms with van der Waals surface area (Å²) >= 11 is 1.55. The molecule has 7 nitrogen and oxygen atoms in total. The highest BCUT2D eigenvalue weighted by atomic mass is 127. The molecule has 1 aliphatic carbocycles. The Labute approximate surface area is 143 Å². The molecule has 3 N–H and O–H groups in total. The summed E-state index contributed by atoms with van der Waals surface area (Å²) in [5.41, 5.74) is 0.0228. The predicted molar refractivity (Wildman–Crippen MR) is 87.1 cm³/mol. The molecule has 2 amide bonds. The van der Waals surface area contributed by atoms with Crippen LogP contribution in [-0.2, 0) is 9.53 Å². The summed E-state index contributed by atoms with van der Waals surface area (Å²) in [4.78, 5) is 25.8. The van der Waals surface area contributed by atoms with Crippen LogP contribution in [0.1, 0.15) is 33.1 Å². The van der Waals surface area contributed by atoms with Gasteiger partial charge in [0, 0.05) is 6.54 Å². The first kappa shape index (κ1) is 17.7. The minimum atomic E-state index is -1.98. The van der Waals surface area contributed by atoms with Gasteiger partial charge in [0.2, 0.25) is 9.70 Å². The van der Waals surface area contributed by atoms with Gasteiger partial charge in [-0.05, 0) is 53.2 Å². The molecule has 2 fully saturated rings. The van der Waals surface area contributed by atoms with Crippen molar-refractivity contribution in [1.29, 1.82) is 0 Å². The Morgan fingerprint density at radius 2 is 2.00 bits per heavy atom. The number of nitrogens with zero attached hydrogens (tertiary/aromatic N) is 1. The highest BCUT2D eigenvalue weighted by Crippen LogP contribution is 2.56. The highest BCUT2D eigenvalue weighted by Gasteiger charge is 2.58. The van der Waals surface area contributed by atoms with Gasteiger partial charge < -0.3 is 25.2 Å². The van der Waals surface area contributed by atoms with Crippen LogP contribution in [0.25, 0.3) is 0 Å². The smallest absolute Gasteiger partial charge is 0.407 e. The Kier molecular flexibility index (Phi) is 4.94. The van der Waals surface area contributed by atoms with Crippen molar-refractivity contribution in [2.24, 2.45) is 11.3 Å². The third kappa shape index (κ3) is 3.65. The average molecular weight is 426 g/mol. The maximum absolute atomic E-state index is 12.8. The van der Waals surface area contributed by atoms with E-state index in [0.717, 1.165) is 12.8 Å². The molecule has 126 valence electrons. The van der Waals surface area contributed by atoms with E-state index in [9.17, 15) is 19.8 Å². The van der Waals surface area contributed by atoms with E-state index in [1.54, 1.807) is 22.6 Å². The predicted octanol–water partition coefficient (Wildman–Crippen LogP) is 0.821. The summed E-state index contributed by atoms with van der Waals surface area (Å²) in [6.07, 6.45) is 1.91. The van der Waals surface area contributed by atoms with Gasteiger partial charge in [0.05, 0.1) is 13.2 Å². The fourth-order valence-electron chi connectivity index (χ4n) is 3.03. The minimum absolute atomic E-state index is 0.0228. The largest absolute Gasteiger partial charge is 0.453 e. The first-order valence-electron chi connectivity index (χ1n) is 7.38. The number of carbonyl (C=O) groups excluding carboxylic acids is 2. The van der Waals surface area contributed by atoms with Gasteiger partial charge in [0.25, 0.3) is 0 Å². The summed E-state index contributed by atoms with van der Waals surface area (Å²) in [7, 11) is 1.24. The van der Waals surface area contributed by atoms with Crippen molar-refractivity contribution in [2.45, 2.75) is 49.0 Å². The number of likely N-dealkylation sites (tertiary alicyclic amines) is 1. The van der Waals surface area contributed by atoms with E-state index in [1.165, 1.54) is 12.0 Å². The molecule has 1 saturated carbocycles. The van der Waals surface area contributed by atoms with Crippen LogP contribution in [0, 0.1) is 11.3 Å². The number of carbonyl (C=O) groups is 2. The van der Waals surface area contributed by atoms with E-state index in [1.807, 2.05) is 13.8 Å². The first-order chi connectivity index (χ1) is 10.1. The van der Waals surface area contributed by atoms with E-state index >= 15 is 0 Å². The van der Waals surface area contributed by atoms with Crippen molar-refractivity contribution in [2.75, 3.05) is 13.7 Å². The first-order valence-corrected chi connectivity index (χ1v) is 8.46. The van der Waals surface area contributed by atoms with Gasteiger partial charge in [-0.15, -0.1) is 0 Å². The normalized spacial score (nSPS) is 24.5. The number of alkyl carbamates (subject to hydrolysis) is 1. The molecule has 0 aromatic carbocycles. The quantitative estimate of drug-likeness (QED) is 0.351. The van der Waals surface area contributed by atoms with Crippen LogP contribution in [0.2, 0.25) is 0 Å². The SMILES string of the molecule is COC(=O)N[C@H](C(=O)N1CC2(CC2)C[C@H]1C(O)(O)I)C(C)C. The molecule has 0 bridgehead atoms. The van der Waals surface area contributed by atoms with E-state index in [0.29, 0.717) is 13.0 Å². The number of rotatable bonds is 4. The fourth-order valence-corrected chi connectivity index (χ4v) is 3.59. The summed E-state index contributed by atoms with van der Waals surface area (Å²) in [5.74, 6) is -0.428. The maximum Gasteiger partial charge on any atom is 0.407 e. The molecule has 1 spiro atoms. The summed E-state index contributed by atoms with van der Waals surface area (Å²) in [6, 6.07) is -1.41. The van der Waals surface area contributed by atoms with Crippen LogP contribution >= 0.6 is 22.6 Å². The van der Waals surface area contributed by atoms with Crippen LogP contribution < -0.4 is 5.32 Å². The van der Waals surface area contributed by atoms with Gasteiger partial charge >= 0.3 is 6.09 Å². The molecular weight excluding hydrogens is 403 g/mol. The van der Waals surface area contributed by atoms with Crippen molar-refractivity contribution in [3.63, 3.8) is 0 Å². The Morgan fingerprint density at radius 3 is 2.41 bits per heavy atom. The number of amides is 2. The zero-order valence-corrected chi connectivity index (χ0v) is 15.2. The molecule has 2 rings (SSSR count). The molecular formula is C14H23IN2O5. The van der Waals surface area contributed by atoms with E-state index in [2.05, 4.69) is 10.1 Å². The number of hydrogen-bond acceptors (Lipinski definition) is 5. The van der Waals surface area contributed by atoms with Crippen molar-refractivity contribution < 1.29 is 24.5 Å². The molecule has 1 aliphatic heterocycles. The van der Waals surface area contributed by atoms with Crippen LogP contribution in [0.3, 0.4) is 0 Å². The number of halogens is 1. The van der Waals surface area contributed by atoms with Gasteiger partial charge in [-0.2, -0.15) is 0 Å². The van der Waals surface area contributed by atoms with E-state index in [-0.39, 0.29) is 17.2 Å². The van der Waals surface area contributed by atoms with Crippen LogP contribution in [0.15, 0.2) is 0 Å². The zero-order chi connectivity index (χ0) is 16.7. The second-order valence-corrected chi connectivity index (χ2v) is 8.27. The van der Waals surface area contributed by atoms with Gasteiger partial charge in [-0.3, -0.25) is 4.79 Å². The zero-order valence-electron chi connectivity index (χ0n) is 13.0. The fraction of sp³-hybridized carbons (Fsp3) is 0.857. The molecule has 1 heterocycles. The Hall–Kier alpha value is -0.610. The second-order valence-electron chi connectivity index (χ2n) is 6.68. The van der Waals surface area contributed by atoms with E-state index < -0.39 is 22.0 Å². The maximum atomic E-state index is 12.8. The summed E-state index contributed by atoms with van der Waals surface area (Å²) in [5, 5.41) is 22.5. The molecule has 0 aromatic heterocycles. The molecule has 1 saturated heterocycles. The molecule has 2 aliphatic rings. The number of hydrogen-bond donors (Lipinski definition) is 3. The van der Waals surface area contributed by atoms with Gasteiger partial charge in [-0.1, -0.05) is 13.8 Å². The van der Waals surface area contributed by atoms with Crippen LogP contribution in [0.5, 0.6) is 0 Å². The Morgan fingerprint density at radius 1 is 1.41 bits per heavy atom. The molecule has 8 heteroatoms. The number of aliphatic hydroxyl groups is 2. The lowest BCUT2D eigenvalue weighted by molar-refractivity contribution is -0.149. The number of ether oxygens (including phenoxy) is 1. The lowest BCUT2D eigenvalue weighted by atomic mass is 10.0. The molecule has 2 atom stereocenters. The standard InChI is InChI=1S/C14H23IN2O5/c1-8(2)10(16-12(19)22-3)11(18)17-7-13(4-5-13)6-9(17)14(15,20)21/h8-10,20-21H,4-7H2,1-3H3,(H,16,19)/t9-,10-/m0/s1. The van der Waals surface area contributed by atoms with Gasteiger partial charge in [-0.25, -0.2) is 4.79 Å².